The summed E-state index contributed by atoms with van der Waals surface area (Å²) in [5, 5.41) is 5.41. The van der Waals surface area contributed by atoms with E-state index in [-0.39, 0.29) is 11.3 Å². The third kappa shape index (κ3) is 2.64. The molecule has 0 unspecified atom stereocenters. The standard InChI is InChI=1S/C18H16N2O5/c1-24-16(22)12-8-4-5-9-13(12)19-17(23)18(25-2)15(21)11-7-3-6-10-14(11)20-18/h3-10,20H,1-2H3,(H,19,23)/t18-/m1/s1. The van der Waals surface area contributed by atoms with Crippen LogP contribution in [0.1, 0.15) is 20.7 Å². The molecule has 0 aliphatic carbocycles. The van der Waals surface area contributed by atoms with Crippen molar-refractivity contribution in [1.29, 1.82) is 0 Å². The molecule has 7 nitrogen and oxygen atoms in total. The molecule has 1 atom stereocenters. The molecule has 0 bridgehead atoms. The van der Waals surface area contributed by atoms with E-state index in [1.165, 1.54) is 20.3 Å². The fourth-order valence-corrected chi connectivity index (χ4v) is 2.71. The first kappa shape index (κ1) is 16.7. The molecule has 128 valence electrons. The number of amides is 1. The summed E-state index contributed by atoms with van der Waals surface area (Å²) in [7, 11) is 2.51. The Labute approximate surface area is 143 Å². The highest BCUT2D eigenvalue weighted by molar-refractivity contribution is 6.27. The summed E-state index contributed by atoms with van der Waals surface area (Å²) in [6, 6.07) is 13.1. The van der Waals surface area contributed by atoms with Crippen LogP contribution in [0.5, 0.6) is 0 Å². The van der Waals surface area contributed by atoms with Crippen LogP contribution < -0.4 is 10.6 Å². The van der Waals surface area contributed by atoms with Gasteiger partial charge in [-0.1, -0.05) is 24.3 Å². The molecule has 2 aromatic carbocycles. The number of ketones is 1. The zero-order valence-corrected chi connectivity index (χ0v) is 13.7. The zero-order chi connectivity index (χ0) is 18.0. The van der Waals surface area contributed by atoms with Gasteiger partial charge in [0.2, 0.25) is 5.78 Å². The summed E-state index contributed by atoms with van der Waals surface area (Å²) >= 11 is 0. The highest BCUT2D eigenvalue weighted by atomic mass is 16.5. The van der Waals surface area contributed by atoms with Gasteiger partial charge in [0.05, 0.1) is 18.4 Å². The Bertz CT molecular complexity index is 864. The predicted molar refractivity (Wildman–Crippen MR) is 90.5 cm³/mol. The third-order valence-corrected chi connectivity index (χ3v) is 4.01. The zero-order valence-electron chi connectivity index (χ0n) is 13.7. The molecule has 3 rings (SSSR count). The minimum atomic E-state index is -1.90. The number of esters is 1. The van der Waals surface area contributed by atoms with Crippen LogP contribution in [0.25, 0.3) is 0 Å². The van der Waals surface area contributed by atoms with E-state index >= 15 is 0 Å². The van der Waals surface area contributed by atoms with Gasteiger partial charge in [0, 0.05) is 18.4 Å². The number of carbonyl (C=O) groups is 3. The van der Waals surface area contributed by atoms with E-state index in [2.05, 4.69) is 10.6 Å². The first-order chi connectivity index (χ1) is 12.0. The Kier molecular flexibility index (Phi) is 4.24. The van der Waals surface area contributed by atoms with Gasteiger partial charge in [-0.05, 0) is 24.3 Å². The van der Waals surface area contributed by atoms with Crippen molar-refractivity contribution in [3.8, 4) is 0 Å². The Morgan fingerprint density at radius 2 is 1.72 bits per heavy atom. The Morgan fingerprint density at radius 3 is 2.40 bits per heavy atom. The molecule has 0 saturated heterocycles. The second-order valence-corrected chi connectivity index (χ2v) is 5.38. The maximum Gasteiger partial charge on any atom is 0.339 e. The van der Waals surface area contributed by atoms with Crippen LogP contribution in [-0.2, 0) is 14.3 Å². The summed E-state index contributed by atoms with van der Waals surface area (Å²) in [5.41, 5.74) is -0.632. The maximum atomic E-state index is 12.8. The number of carbonyl (C=O) groups excluding carboxylic acids is 3. The molecule has 2 aromatic rings. The third-order valence-electron chi connectivity index (χ3n) is 4.01. The maximum absolute atomic E-state index is 12.8. The topological polar surface area (TPSA) is 93.7 Å². The van der Waals surface area contributed by atoms with Crippen molar-refractivity contribution in [3.63, 3.8) is 0 Å². The number of methoxy groups -OCH3 is 2. The summed E-state index contributed by atoms with van der Waals surface area (Å²) in [5.74, 6) is -1.83. The molecule has 0 saturated carbocycles. The van der Waals surface area contributed by atoms with Gasteiger partial charge >= 0.3 is 5.97 Å². The van der Waals surface area contributed by atoms with Crippen LogP contribution in [-0.4, -0.2) is 37.6 Å². The van der Waals surface area contributed by atoms with E-state index in [0.717, 1.165) is 0 Å². The average molecular weight is 340 g/mol. The van der Waals surface area contributed by atoms with Gasteiger partial charge in [0.1, 0.15) is 0 Å². The van der Waals surface area contributed by atoms with Crippen molar-refractivity contribution >= 4 is 29.0 Å². The van der Waals surface area contributed by atoms with Gasteiger partial charge in [-0.2, -0.15) is 0 Å². The SMILES string of the molecule is COC(=O)c1ccccc1NC(=O)[C@@]1(OC)Nc2ccccc2C1=O. The average Bonchev–Trinajstić information content (AvgIpc) is 2.95. The first-order valence-electron chi connectivity index (χ1n) is 7.49. The second-order valence-electron chi connectivity index (χ2n) is 5.38. The monoisotopic (exact) mass is 340 g/mol. The molecule has 7 heteroatoms. The van der Waals surface area contributed by atoms with Gasteiger partial charge in [-0.25, -0.2) is 4.79 Å². The molecule has 1 amide bonds. The van der Waals surface area contributed by atoms with Crippen LogP contribution in [0.3, 0.4) is 0 Å². The minimum Gasteiger partial charge on any atom is -0.465 e. The molecular formula is C18H16N2O5. The molecule has 1 heterocycles. The Morgan fingerprint density at radius 1 is 1.04 bits per heavy atom. The van der Waals surface area contributed by atoms with E-state index in [9.17, 15) is 14.4 Å². The summed E-state index contributed by atoms with van der Waals surface area (Å²) in [4.78, 5) is 37.4. The van der Waals surface area contributed by atoms with Gasteiger partial charge in [0.15, 0.2) is 0 Å². The number of anilines is 2. The van der Waals surface area contributed by atoms with Crippen molar-refractivity contribution in [2.75, 3.05) is 24.9 Å². The summed E-state index contributed by atoms with van der Waals surface area (Å²) in [6.07, 6.45) is 0. The highest BCUT2D eigenvalue weighted by Gasteiger charge is 2.52. The second kappa shape index (κ2) is 6.37. The van der Waals surface area contributed by atoms with Crippen LogP contribution in [0.2, 0.25) is 0 Å². The van der Waals surface area contributed by atoms with Crippen molar-refractivity contribution in [3.05, 3.63) is 59.7 Å². The normalized spacial score (nSPS) is 18.2. The number of Topliss-reactive ketones (excluding diaryl/α,β-unsaturated/α-hetero) is 1. The number of fused-ring (bicyclic) bond motifs is 1. The number of ether oxygens (including phenoxy) is 2. The predicted octanol–water partition coefficient (Wildman–Crippen LogP) is 2.06. The van der Waals surface area contributed by atoms with E-state index < -0.39 is 23.4 Å². The number of benzene rings is 2. The van der Waals surface area contributed by atoms with E-state index in [1.54, 1.807) is 42.5 Å². The summed E-state index contributed by atoms with van der Waals surface area (Å²) < 4.78 is 9.97. The Hall–Kier alpha value is -3.19. The largest absolute Gasteiger partial charge is 0.465 e. The molecule has 1 aliphatic heterocycles. The lowest BCUT2D eigenvalue weighted by atomic mass is 10.0. The number of nitrogens with one attached hydrogen (secondary N) is 2. The van der Waals surface area contributed by atoms with Crippen LogP contribution in [0, 0.1) is 0 Å². The van der Waals surface area contributed by atoms with E-state index in [0.29, 0.717) is 11.3 Å². The van der Waals surface area contributed by atoms with Crippen molar-refractivity contribution < 1.29 is 23.9 Å². The van der Waals surface area contributed by atoms with E-state index in [4.69, 9.17) is 9.47 Å². The first-order valence-corrected chi connectivity index (χ1v) is 7.49. The van der Waals surface area contributed by atoms with Gasteiger partial charge < -0.3 is 20.1 Å². The molecule has 0 radical (unpaired) electrons. The minimum absolute atomic E-state index is 0.174. The van der Waals surface area contributed by atoms with Crippen molar-refractivity contribution in [1.82, 2.24) is 0 Å². The van der Waals surface area contributed by atoms with Gasteiger partial charge in [-0.15, -0.1) is 0 Å². The number of hydrogen-bond donors (Lipinski definition) is 2. The fourth-order valence-electron chi connectivity index (χ4n) is 2.71. The molecule has 0 fully saturated rings. The lowest BCUT2D eigenvalue weighted by molar-refractivity contribution is -0.129. The smallest absolute Gasteiger partial charge is 0.339 e. The molecule has 0 spiro atoms. The van der Waals surface area contributed by atoms with Crippen LogP contribution >= 0.6 is 0 Å². The van der Waals surface area contributed by atoms with Crippen LogP contribution in [0.15, 0.2) is 48.5 Å². The highest BCUT2D eigenvalue weighted by Crippen LogP contribution is 2.34. The summed E-state index contributed by atoms with van der Waals surface area (Å²) in [6.45, 7) is 0. The number of rotatable bonds is 4. The molecule has 2 N–H and O–H groups in total. The number of hydrogen-bond acceptors (Lipinski definition) is 6. The lowest BCUT2D eigenvalue weighted by Gasteiger charge is -2.25. The number of para-hydroxylation sites is 2. The van der Waals surface area contributed by atoms with Crippen molar-refractivity contribution in [2.24, 2.45) is 0 Å². The molecular weight excluding hydrogens is 324 g/mol. The van der Waals surface area contributed by atoms with Crippen molar-refractivity contribution in [2.45, 2.75) is 5.72 Å². The quantitative estimate of drug-likeness (QED) is 0.654. The fraction of sp³-hybridized carbons (Fsp3) is 0.167. The molecule has 0 aromatic heterocycles. The molecule has 25 heavy (non-hydrogen) atoms. The Balaban J connectivity index is 1.94. The van der Waals surface area contributed by atoms with Gasteiger partial charge in [0.25, 0.3) is 11.6 Å². The molecule has 1 aliphatic rings. The van der Waals surface area contributed by atoms with Gasteiger partial charge in [-0.3, -0.25) is 9.59 Å². The lowest BCUT2D eigenvalue weighted by Crippen LogP contribution is -2.54. The van der Waals surface area contributed by atoms with E-state index in [1.807, 2.05) is 0 Å². The van der Waals surface area contributed by atoms with Crippen LogP contribution in [0.4, 0.5) is 11.4 Å².